The molecule has 5 heteroatoms. The van der Waals surface area contributed by atoms with E-state index < -0.39 is 0 Å². The fourth-order valence-corrected chi connectivity index (χ4v) is 2.70. The van der Waals surface area contributed by atoms with Crippen LogP contribution >= 0.6 is 11.3 Å². The van der Waals surface area contributed by atoms with Crippen LogP contribution in [0, 0.1) is 5.92 Å². The standard InChI is InChI=1S/C14H16N2O2S/c1-9-8-11(9)12-4-2-10(18-12)3-5-13(17)16-14-15-6-7-19-14/h2,4,6-7,9,11H,3,5,8H2,1H3,(H,15,16,17). The van der Waals surface area contributed by atoms with Crippen LogP contribution in [0.2, 0.25) is 0 Å². The first-order chi connectivity index (χ1) is 9.22. The highest BCUT2D eigenvalue weighted by molar-refractivity contribution is 7.13. The first kappa shape index (κ1) is 12.4. The number of thiazole rings is 1. The molecule has 1 amide bonds. The summed E-state index contributed by atoms with van der Waals surface area (Å²) in [4.78, 5) is 15.7. The van der Waals surface area contributed by atoms with Crippen molar-refractivity contribution in [3.8, 4) is 0 Å². The molecule has 3 rings (SSSR count). The fourth-order valence-electron chi connectivity index (χ4n) is 2.15. The third-order valence-electron chi connectivity index (χ3n) is 3.43. The Hall–Kier alpha value is -1.62. The Balaban J connectivity index is 1.49. The molecule has 2 unspecified atom stereocenters. The molecule has 1 aliphatic carbocycles. The molecule has 0 aliphatic heterocycles. The average Bonchev–Trinajstić information content (AvgIpc) is 2.87. The van der Waals surface area contributed by atoms with Crippen molar-refractivity contribution >= 4 is 22.4 Å². The lowest BCUT2D eigenvalue weighted by Crippen LogP contribution is -2.11. The third-order valence-corrected chi connectivity index (χ3v) is 4.12. The number of furan rings is 1. The smallest absolute Gasteiger partial charge is 0.226 e. The van der Waals surface area contributed by atoms with E-state index in [0.29, 0.717) is 23.9 Å². The van der Waals surface area contributed by atoms with Crippen LogP contribution in [-0.2, 0) is 11.2 Å². The van der Waals surface area contributed by atoms with Crippen LogP contribution in [0.1, 0.15) is 37.2 Å². The molecule has 0 radical (unpaired) electrons. The van der Waals surface area contributed by atoms with E-state index in [0.717, 1.165) is 17.4 Å². The zero-order chi connectivity index (χ0) is 13.2. The highest BCUT2D eigenvalue weighted by atomic mass is 32.1. The van der Waals surface area contributed by atoms with Gasteiger partial charge in [-0.2, -0.15) is 0 Å². The summed E-state index contributed by atoms with van der Waals surface area (Å²) in [6.45, 7) is 2.23. The van der Waals surface area contributed by atoms with Crippen LogP contribution in [0.3, 0.4) is 0 Å². The van der Waals surface area contributed by atoms with E-state index in [9.17, 15) is 4.79 Å². The molecule has 2 aromatic rings. The normalized spacial score (nSPS) is 21.3. The van der Waals surface area contributed by atoms with Gasteiger partial charge in [-0.3, -0.25) is 4.79 Å². The van der Waals surface area contributed by atoms with Crippen LogP contribution in [-0.4, -0.2) is 10.9 Å². The van der Waals surface area contributed by atoms with Crippen molar-refractivity contribution < 1.29 is 9.21 Å². The summed E-state index contributed by atoms with van der Waals surface area (Å²) in [7, 11) is 0. The number of carbonyl (C=O) groups excluding carboxylic acids is 1. The molecule has 4 nitrogen and oxygen atoms in total. The number of carbonyl (C=O) groups is 1. The van der Waals surface area contributed by atoms with Crippen molar-refractivity contribution in [1.29, 1.82) is 0 Å². The maximum absolute atomic E-state index is 11.7. The van der Waals surface area contributed by atoms with Gasteiger partial charge in [0, 0.05) is 30.3 Å². The van der Waals surface area contributed by atoms with Gasteiger partial charge in [-0.05, 0) is 24.5 Å². The Morgan fingerprint density at radius 3 is 3.11 bits per heavy atom. The monoisotopic (exact) mass is 276 g/mol. The summed E-state index contributed by atoms with van der Waals surface area (Å²) >= 11 is 1.42. The largest absolute Gasteiger partial charge is 0.466 e. The predicted octanol–water partition coefficient (Wildman–Crippen LogP) is 3.43. The van der Waals surface area contributed by atoms with Gasteiger partial charge in [-0.25, -0.2) is 4.98 Å². The van der Waals surface area contributed by atoms with E-state index in [4.69, 9.17) is 4.42 Å². The number of aryl methyl sites for hydroxylation is 1. The van der Waals surface area contributed by atoms with Crippen LogP contribution in [0.15, 0.2) is 28.1 Å². The minimum absolute atomic E-state index is 0.0207. The number of aromatic nitrogens is 1. The lowest BCUT2D eigenvalue weighted by atomic mass is 10.2. The fraction of sp³-hybridized carbons (Fsp3) is 0.429. The topological polar surface area (TPSA) is 55.1 Å². The third kappa shape index (κ3) is 3.04. The summed E-state index contributed by atoms with van der Waals surface area (Å²) in [6, 6.07) is 4.03. The van der Waals surface area contributed by atoms with E-state index in [1.165, 1.54) is 17.8 Å². The van der Waals surface area contributed by atoms with Crippen molar-refractivity contribution in [2.24, 2.45) is 5.92 Å². The molecular weight excluding hydrogens is 260 g/mol. The van der Waals surface area contributed by atoms with Crippen molar-refractivity contribution in [3.63, 3.8) is 0 Å². The van der Waals surface area contributed by atoms with E-state index >= 15 is 0 Å². The van der Waals surface area contributed by atoms with Gasteiger partial charge in [-0.15, -0.1) is 11.3 Å². The maximum Gasteiger partial charge on any atom is 0.226 e. The second-order valence-corrected chi connectivity index (χ2v) is 5.90. The van der Waals surface area contributed by atoms with E-state index in [1.807, 2.05) is 17.5 Å². The Kier molecular flexibility index (Phi) is 3.38. The second kappa shape index (κ2) is 5.17. The summed E-state index contributed by atoms with van der Waals surface area (Å²) in [5.74, 6) is 3.28. The van der Waals surface area contributed by atoms with Crippen LogP contribution in [0.5, 0.6) is 0 Å². The molecule has 100 valence electrons. The highest BCUT2D eigenvalue weighted by Crippen LogP contribution is 2.47. The first-order valence-electron chi connectivity index (χ1n) is 6.50. The second-order valence-electron chi connectivity index (χ2n) is 5.01. The van der Waals surface area contributed by atoms with Gasteiger partial charge >= 0.3 is 0 Å². The molecule has 0 bridgehead atoms. The maximum atomic E-state index is 11.7. The van der Waals surface area contributed by atoms with Crippen LogP contribution in [0.4, 0.5) is 5.13 Å². The van der Waals surface area contributed by atoms with Crippen molar-refractivity contribution in [3.05, 3.63) is 35.2 Å². The van der Waals surface area contributed by atoms with Crippen molar-refractivity contribution in [1.82, 2.24) is 4.98 Å². The minimum atomic E-state index is -0.0207. The van der Waals surface area contributed by atoms with E-state index in [-0.39, 0.29) is 5.91 Å². The van der Waals surface area contributed by atoms with Crippen molar-refractivity contribution in [2.45, 2.75) is 32.1 Å². The molecule has 19 heavy (non-hydrogen) atoms. The summed E-state index contributed by atoms with van der Waals surface area (Å²) in [5.41, 5.74) is 0. The zero-order valence-corrected chi connectivity index (χ0v) is 11.6. The van der Waals surface area contributed by atoms with Crippen LogP contribution in [0.25, 0.3) is 0 Å². The Morgan fingerprint density at radius 2 is 2.42 bits per heavy atom. The lowest BCUT2D eigenvalue weighted by molar-refractivity contribution is -0.116. The predicted molar refractivity (Wildman–Crippen MR) is 74.3 cm³/mol. The van der Waals surface area contributed by atoms with Gasteiger partial charge < -0.3 is 9.73 Å². The molecule has 0 aromatic carbocycles. The Bertz CT molecular complexity index is 562. The van der Waals surface area contributed by atoms with Gasteiger partial charge in [-0.1, -0.05) is 6.92 Å². The SMILES string of the molecule is CC1CC1c1ccc(CCC(=O)Nc2nccs2)o1. The first-order valence-corrected chi connectivity index (χ1v) is 7.38. The molecule has 2 aromatic heterocycles. The molecule has 1 N–H and O–H groups in total. The number of amides is 1. The number of anilines is 1. The lowest BCUT2D eigenvalue weighted by Gasteiger charge is -2.00. The van der Waals surface area contributed by atoms with E-state index in [1.54, 1.807) is 6.20 Å². The zero-order valence-electron chi connectivity index (χ0n) is 10.8. The molecular formula is C14H16N2O2S. The number of hydrogen-bond donors (Lipinski definition) is 1. The summed E-state index contributed by atoms with van der Waals surface area (Å²) < 4.78 is 5.77. The number of rotatable bonds is 5. The van der Waals surface area contributed by atoms with Gasteiger partial charge in [0.1, 0.15) is 11.5 Å². The van der Waals surface area contributed by atoms with Crippen molar-refractivity contribution in [2.75, 3.05) is 5.32 Å². The molecule has 1 aliphatic rings. The average molecular weight is 276 g/mol. The summed E-state index contributed by atoms with van der Waals surface area (Å²) in [6.07, 6.45) is 3.96. The van der Waals surface area contributed by atoms with Crippen LogP contribution < -0.4 is 5.32 Å². The van der Waals surface area contributed by atoms with Gasteiger partial charge in [0.05, 0.1) is 0 Å². The molecule has 2 atom stereocenters. The Labute approximate surface area is 115 Å². The highest BCUT2D eigenvalue weighted by Gasteiger charge is 2.36. The summed E-state index contributed by atoms with van der Waals surface area (Å²) in [5, 5.41) is 5.26. The van der Waals surface area contributed by atoms with Gasteiger partial charge in [0.25, 0.3) is 0 Å². The molecule has 2 heterocycles. The molecule has 1 saturated carbocycles. The molecule has 0 saturated heterocycles. The minimum Gasteiger partial charge on any atom is -0.466 e. The quantitative estimate of drug-likeness (QED) is 0.910. The Morgan fingerprint density at radius 1 is 1.58 bits per heavy atom. The van der Waals surface area contributed by atoms with Gasteiger partial charge in [0.2, 0.25) is 5.91 Å². The number of nitrogens with one attached hydrogen (secondary N) is 1. The number of nitrogens with zero attached hydrogens (tertiary/aromatic N) is 1. The molecule has 0 spiro atoms. The number of hydrogen-bond acceptors (Lipinski definition) is 4. The van der Waals surface area contributed by atoms with Gasteiger partial charge in [0.15, 0.2) is 5.13 Å². The van der Waals surface area contributed by atoms with E-state index in [2.05, 4.69) is 17.2 Å². The molecule has 1 fully saturated rings.